The molecule has 0 aromatic heterocycles. The summed E-state index contributed by atoms with van der Waals surface area (Å²) in [5.74, 6) is 0. The van der Waals surface area contributed by atoms with Crippen LogP contribution in [-0.2, 0) is 0 Å². The Hall–Kier alpha value is -1.57. The number of hydrogen-bond acceptors (Lipinski definition) is 4. The first-order chi connectivity index (χ1) is 9.84. The molecule has 0 radical (unpaired) electrons. The summed E-state index contributed by atoms with van der Waals surface area (Å²) >= 11 is 0. The predicted octanol–water partition coefficient (Wildman–Crippen LogP) is 1.45. The maximum Gasteiger partial charge on any atom is 0.112 e. The average molecular weight is 270 g/mol. The lowest BCUT2D eigenvalue weighted by molar-refractivity contribution is 0.0958. The van der Waals surface area contributed by atoms with Gasteiger partial charge in [0.05, 0.1) is 6.07 Å². The minimum absolute atomic E-state index is 0.243. The Balaban J connectivity index is 1.68. The lowest BCUT2D eigenvalue weighted by Gasteiger charge is -2.46. The number of anilines is 1. The van der Waals surface area contributed by atoms with E-state index >= 15 is 0 Å². The molecule has 1 N–H and O–H groups in total. The smallest absolute Gasteiger partial charge is 0.112 e. The molecule has 0 amide bonds. The van der Waals surface area contributed by atoms with Crippen LogP contribution >= 0.6 is 0 Å². The maximum absolute atomic E-state index is 9.72. The predicted molar refractivity (Wildman–Crippen MR) is 80.7 cm³/mol. The first-order valence-electron chi connectivity index (χ1n) is 7.51. The van der Waals surface area contributed by atoms with Crippen LogP contribution in [0.15, 0.2) is 30.3 Å². The molecule has 2 saturated heterocycles. The summed E-state index contributed by atoms with van der Waals surface area (Å²) in [6.07, 6.45) is 1.89. The largest absolute Gasteiger partial charge is 0.371 e. The zero-order valence-electron chi connectivity index (χ0n) is 11.9. The van der Waals surface area contributed by atoms with Crippen molar-refractivity contribution in [3.63, 3.8) is 0 Å². The molecule has 1 aromatic carbocycles. The van der Waals surface area contributed by atoms with Gasteiger partial charge in [0.25, 0.3) is 0 Å². The lowest BCUT2D eigenvalue weighted by atomic mass is 9.86. The van der Waals surface area contributed by atoms with E-state index in [0.717, 1.165) is 52.1 Å². The number of nitrogens with one attached hydrogen (secondary N) is 1. The van der Waals surface area contributed by atoms with E-state index in [0.29, 0.717) is 0 Å². The Labute approximate surface area is 121 Å². The third kappa shape index (κ3) is 2.52. The highest BCUT2D eigenvalue weighted by molar-refractivity contribution is 5.47. The number of nitriles is 1. The third-order valence-electron chi connectivity index (χ3n) is 4.64. The van der Waals surface area contributed by atoms with Crippen molar-refractivity contribution in [1.82, 2.24) is 10.2 Å². The third-order valence-corrected chi connectivity index (χ3v) is 4.64. The van der Waals surface area contributed by atoms with Gasteiger partial charge in [0.2, 0.25) is 0 Å². The van der Waals surface area contributed by atoms with Gasteiger partial charge in [0, 0.05) is 45.0 Å². The van der Waals surface area contributed by atoms with E-state index < -0.39 is 0 Å². The van der Waals surface area contributed by atoms with Gasteiger partial charge >= 0.3 is 0 Å². The van der Waals surface area contributed by atoms with Crippen LogP contribution in [-0.4, -0.2) is 49.7 Å². The van der Waals surface area contributed by atoms with Crippen molar-refractivity contribution in [1.29, 1.82) is 5.26 Å². The van der Waals surface area contributed by atoms with Crippen LogP contribution in [0.5, 0.6) is 0 Å². The molecule has 4 heteroatoms. The van der Waals surface area contributed by atoms with Crippen LogP contribution in [0.4, 0.5) is 5.69 Å². The lowest BCUT2D eigenvalue weighted by Crippen LogP contribution is -2.59. The maximum atomic E-state index is 9.72. The molecule has 0 atom stereocenters. The second-order valence-corrected chi connectivity index (χ2v) is 5.70. The summed E-state index contributed by atoms with van der Waals surface area (Å²) in [7, 11) is 0. The first-order valence-corrected chi connectivity index (χ1v) is 7.51. The Morgan fingerprint density at radius 2 is 1.65 bits per heavy atom. The average Bonchev–Trinajstić information content (AvgIpc) is 2.56. The summed E-state index contributed by atoms with van der Waals surface area (Å²) in [6.45, 7) is 5.96. The molecule has 0 aliphatic carbocycles. The number of rotatable bonds is 2. The van der Waals surface area contributed by atoms with Crippen molar-refractivity contribution in [2.45, 2.75) is 18.4 Å². The van der Waals surface area contributed by atoms with Gasteiger partial charge < -0.3 is 10.2 Å². The van der Waals surface area contributed by atoms with Crippen LogP contribution in [0.2, 0.25) is 0 Å². The molecular formula is C16H22N4. The number of benzene rings is 1. The van der Waals surface area contributed by atoms with Crippen molar-refractivity contribution in [2.75, 3.05) is 44.2 Å². The number of hydrogen-bond donors (Lipinski definition) is 1. The normalized spacial score (nSPS) is 23.2. The van der Waals surface area contributed by atoms with Gasteiger partial charge in [-0.25, -0.2) is 0 Å². The number of piperidine rings is 1. The fraction of sp³-hybridized carbons (Fsp3) is 0.562. The number of nitrogens with zero attached hydrogens (tertiary/aromatic N) is 3. The fourth-order valence-corrected chi connectivity index (χ4v) is 3.37. The van der Waals surface area contributed by atoms with Crippen molar-refractivity contribution in [3.8, 4) is 6.07 Å². The van der Waals surface area contributed by atoms with E-state index in [-0.39, 0.29) is 5.54 Å². The molecule has 0 unspecified atom stereocenters. The van der Waals surface area contributed by atoms with E-state index in [1.165, 1.54) is 5.69 Å². The molecule has 0 bridgehead atoms. The SMILES string of the molecule is N#CC1(N2CCNCC2)CCN(c2ccccc2)CC1. The summed E-state index contributed by atoms with van der Waals surface area (Å²) in [4.78, 5) is 4.80. The van der Waals surface area contributed by atoms with Crippen LogP contribution in [0.25, 0.3) is 0 Å². The Bertz CT molecular complexity index is 465. The molecule has 2 aliphatic rings. The first kappa shape index (κ1) is 13.4. The molecule has 3 rings (SSSR count). The fourth-order valence-electron chi connectivity index (χ4n) is 3.37. The quantitative estimate of drug-likeness (QED) is 0.883. The number of para-hydroxylation sites is 1. The molecule has 20 heavy (non-hydrogen) atoms. The molecule has 4 nitrogen and oxygen atoms in total. The summed E-state index contributed by atoms with van der Waals surface area (Å²) in [5.41, 5.74) is 1.03. The highest BCUT2D eigenvalue weighted by Crippen LogP contribution is 2.31. The monoisotopic (exact) mass is 270 g/mol. The van der Waals surface area contributed by atoms with Gasteiger partial charge in [-0.05, 0) is 25.0 Å². The van der Waals surface area contributed by atoms with E-state index in [9.17, 15) is 5.26 Å². The molecule has 2 fully saturated rings. The molecule has 106 valence electrons. The van der Waals surface area contributed by atoms with E-state index in [2.05, 4.69) is 45.5 Å². The number of piperazine rings is 1. The van der Waals surface area contributed by atoms with Gasteiger partial charge in [-0.3, -0.25) is 4.90 Å². The minimum atomic E-state index is -0.243. The summed E-state index contributed by atoms with van der Waals surface area (Å²) in [5, 5.41) is 13.1. The van der Waals surface area contributed by atoms with Crippen molar-refractivity contribution < 1.29 is 0 Å². The molecule has 1 aromatic rings. The summed E-state index contributed by atoms with van der Waals surface area (Å²) in [6, 6.07) is 13.2. The Morgan fingerprint density at radius 1 is 1.00 bits per heavy atom. The Morgan fingerprint density at radius 3 is 2.25 bits per heavy atom. The highest BCUT2D eigenvalue weighted by atomic mass is 15.3. The van der Waals surface area contributed by atoms with Crippen LogP contribution in [0, 0.1) is 11.3 Å². The molecule has 0 spiro atoms. The van der Waals surface area contributed by atoms with Crippen molar-refractivity contribution in [2.24, 2.45) is 0 Å². The van der Waals surface area contributed by atoms with Crippen LogP contribution in [0.3, 0.4) is 0 Å². The highest BCUT2D eigenvalue weighted by Gasteiger charge is 2.40. The standard InChI is InChI=1S/C16H22N4/c17-14-16(20-12-8-18-9-13-20)6-10-19(11-7-16)15-4-2-1-3-5-15/h1-5,18H,6-13H2. The molecule has 2 heterocycles. The topological polar surface area (TPSA) is 42.3 Å². The van der Waals surface area contributed by atoms with E-state index in [1.54, 1.807) is 0 Å². The Kier molecular flexibility index (Phi) is 3.90. The van der Waals surface area contributed by atoms with Gasteiger partial charge in [-0.1, -0.05) is 18.2 Å². The zero-order chi connectivity index (χ0) is 13.8. The van der Waals surface area contributed by atoms with Crippen LogP contribution in [0.1, 0.15) is 12.8 Å². The minimum Gasteiger partial charge on any atom is -0.371 e. The van der Waals surface area contributed by atoms with Gasteiger partial charge in [0.15, 0.2) is 0 Å². The summed E-state index contributed by atoms with van der Waals surface area (Å²) < 4.78 is 0. The van der Waals surface area contributed by atoms with E-state index in [4.69, 9.17) is 0 Å². The molecule has 2 aliphatic heterocycles. The van der Waals surface area contributed by atoms with Crippen molar-refractivity contribution >= 4 is 5.69 Å². The van der Waals surface area contributed by atoms with Gasteiger partial charge in [-0.2, -0.15) is 5.26 Å². The van der Waals surface area contributed by atoms with E-state index in [1.807, 2.05) is 6.07 Å². The second kappa shape index (κ2) is 5.82. The van der Waals surface area contributed by atoms with Gasteiger partial charge in [0.1, 0.15) is 5.54 Å². The van der Waals surface area contributed by atoms with Gasteiger partial charge in [-0.15, -0.1) is 0 Å². The van der Waals surface area contributed by atoms with Crippen LogP contribution < -0.4 is 10.2 Å². The zero-order valence-corrected chi connectivity index (χ0v) is 11.9. The molecular weight excluding hydrogens is 248 g/mol. The van der Waals surface area contributed by atoms with Crippen molar-refractivity contribution in [3.05, 3.63) is 30.3 Å². The molecule has 0 saturated carbocycles. The second-order valence-electron chi connectivity index (χ2n) is 5.70.